The van der Waals surface area contributed by atoms with Gasteiger partial charge in [0.25, 0.3) is 5.91 Å². The van der Waals surface area contributed by atoms with E-state index in [1.807, 2.05) is 13.0 Å². The molecule has 2 aromatic rings. The Bertz CT molecular complexity index is 1220. The Morgan fingerprint density at radius 1 is 1.07 bits per heavy atom. The van der Waals surface area contributed by atoms with E-state index in [1.54, 1.807) is 57.2 Å². The Morgan fingerprint density at radius 3 is 2.37 bits per heavy atom. The highest BCUT2D eigenvalue weighted by molar-refractivity contribution is 7.80. The number of thiol groups is 1. The molecule has 2 unspecified atom stereocenters. The molecule has 0 aliphatic rings. The molecule has 3 amide bonds. The quantitative estimate of drug-likeness (QED) is 0.132. The van der Waals surface area contributed by atoms with Crippen molar-refractivity contribution < 1.29 is 19.1 Å². The Labute approximate surface area is 255 Å². The maximum Gasteiger partial charge on any atom is 0.408 e. The number of hydrogen-bond acceptors (Lipinski definition) is 5. The van der Waals surface area contributed by atoms with Crippen LogP contribution >= 0.6 is 24.2 Å². The van der Waals surface area contributed by atoms with Gasteiger partial charge in [-0.3, -0.25) is 9.59 Å². The maximum atomic E-state index is 14.1. The first kappa shape index (κ1) is 34.1. The van der Waals surface area contributed by atoms with Crippen LogP contribution in [0.15, 0.2) is 42.5 Å². The van der Waals surface area contributed by atoms with Crippen LogP contribution in [0.1, 0.15) is 82.5 Å². The molecule has 0 spiro atoms. The molecule has 222 valence electrons. The molecule has 0 bridgehead atoms. The van der Waals surface area contributed by atoms with Crippen molar-refractivity contribution in [1.82, 2.24) is 10.2 Å². The second-order valence-electron chi connectivity index (χ2n) is 10.9. The van der Waals surface area contributed by atoms with Crippen LogP contribution in [0, 0.1) is 19.3 Å². The van der Waals surface area contributed by atoms with Crippen LogP contribution in [-0.4, -0.2) is 46.7 Å². The van der Waals surface area contributed by atoms with Gasteiger partial charge in [0.15, 0.2) is 0 Å². The third-order valence-electron chi connectivity index (χ3n) is 6.40. The van der Waals surface area contributed by atoms with Crippen molar-refractivity contribution in [2.24, 2.45) is 0 Å². The van der Waals surface area contributed by atoms with E-state index in [4.69, 9.17) is 22.8 Å². The van der Waals surface area contributed by atoms with E-state index in [-0.39, 0.29) is 12.3 Å². The molecule has 2 rings (SSSR count). The molecule has 0 aromatic heterocycles. The molecule has 0 heterocycles. The predicted octanol–water partition coefficient (Wildman–Crippen LogP) is 6.93. The predicted molar refractivity (Wildman–Crippen MR) is 169 cm³/mol. The lowest BCUT2D eigenvalue weighted by Crippen LogP contribution is -2.53. The number of benzene rings is 2. The van der Waals surface area contributed by atoms with Crippen LogP contribution in [0.5, 0.6) is 0 Å². The molecule has 0 aliphatic carbocycles. The summed E-state index contributed by atoms with van der Waals surface area (Å²) >= 11 is 10.8. The van der Waals surface area contributed by atoms with Crippen LogP contribution in [0.4, 0.5) is 10.5 Å². The molecule has 0 aliphatic heterocycles. The summed E-state index contributed by atoms with van der Waals surface area (Å²) in [5, 5.41) is 5.95. The van der Waals surface area contributed by atoms with E-state index in [1.165, 1.54) is 4.90 Å². The summed E-state index contributed by atoms with van der Waals surface area (Å²) in [6.45, 7) is 9.44. The van der Waals surface area contributed by atoms with Crippen molar-refractivity contribution in [2.75, 3.05) is 17.6 Å². The normalized spacial score (nSPS) is 12.5. The number of terminal acetylenes is 1. The van der Waals surface area contributed by atoms with Gasteiger partial charge in [-0.25, -0.2) is 4.79 Å². The Morgan fingerprint density at radius 2 is 1.76 bits per heavy atom. The number of alkyl carbamates (subject to hydrolysis) is 1. The summed E-state index contributed by atoms with van der Waals surface area (Å²) < 4.78 is 5.38. The Balaban J connectivity index is 2.57. The number of para-hydroxylation sites is 1. The zero-order chi connectivity index (χ0) is 30.6. The number of nitrogens with zero attached hydrogens (tertiary/aromatic N) is 1. The molecule has 7 nitrogen and oxygen atoms in total. The minimum atomic E-state index is -1.10. The summed E-state index contributed by atoms with van der Waals surface area (Å²) in [4.78, 5) is 42.4. The van der Waals surface area contributed by atoms with Gasteiger partial charge in [-0.2, -0.15) is 12.6 Å². The lowest BCUT2D eigenvalue weighted by molar-refractivity contribution is -0.140. The van der Waals surface area contributed by atoms with Gasteiger partial charge in [0, 0.05) is 17.9 Å². The summed E-state index contributed by atoms with van der Waals surface area (Å²) in [7, 11) is 0. The first-order valence-corrected chi connectivity index (χ1v) is 15.0. The highest BCUT2D eigenvalue weighted by Gasteiger charge is 2.37. The number of carbonyl (C=O) groups is 3. The van der Waals surface area contributed by atoms with Gasteiger partial charge in [-0.15, -0.1) is 6.42 Å². The molecule has 9 heteroatoms. The third kappa shape index (κ3) is 10.3. The van der Waals surface area contributed by atoms with E-state index in [0.29, 0.717) is 28.3 Å². The SMILES string of the molecule is C#Cc1ccccc1C(C(=O)Nc1c(C)cccc1Cl)N(CCCCCCC)C(=O)C(CS)NC(=O)OC(C)(C)C. The van der Waals surface area contributed by atoms with Crippen LogP contribution in [-0.2, 0) is 14.3 Å². The molecule has 2 aromatic carbocycles. The van der Waals surface area contributed by atoms with Gasteiger partial charge >= 0.3 is 6.09 Å². The fourth-order valence-electron chi connectivity index (χ4n) is 4.39. The minimum Gasteiger partial charge on any atom is -0.444 e. The molecule has 0 saturated carbocycles. The zero-order valence-corrected chi connectivity index (χ0v) is 26.3. The summed E-state index contributed by atoms with van der Waals surface area (Å²) in [5.41, 5.74) is 1.44. The first-order chi connectivity index (χ1) is 19.4. The Kier molecular flexibility index (Phi) is 13.6. The van der Waals surface area contributed by atoms with E-state index >= 15 is 0 Å². The van der Waals surface area contributed by atoms with Crippen LogP contribution in [0.3, 0.4) is 0 Å². The number of halogens is 1. The molecule has 0 saturated heterocycles. The number of carbonyl (C=O) groups excluding carboxylic acids is 3. The molecule has 2 N–H and O–H groups in total. The fourth-order valence-corrected chi connectivity index (χ4v) is 4.90. The first-order valence-electron chi connectivity index (χ1n) is 14.0. The molecule has 0 radical (unpaired) electrons. The average molecular weight is 600 g/mol. The van der Waals surface area contributed by atoms with Gasteiger partial charge in [-0.05, 0) is 57.4 Å². The van der Waals surface area contributed by atoms with Crippen molar-refractivity contribution in [2.45, 2.75) is 84.4 Å². The minimum absolute atomic E-state index is 0.000836. The van der Waals surface area contributed by atoms with E-state index in [0.717, 1.165) is 31.2 Å². The number of nitrogens with one attached hydrogen (secondary N) is 2. The van der Waals surface area contributed by atoms with Crippen LogP contribution < -0.4 is 10.6 Å². The smallest absolute Gasteiger partial charge is 0.408 e. The number of amides is 3. The summed E-state index contributed by atoms with van der Waals surface area (Å²) in [6.07, 6.45) is 9.77. The van der Waals surface area contributed by atoms with Gasteiger partial charge in [0.2, 0.25) is 5.91 Å². The van der Waals surface area contributed by atoms with E-state index in [2.05, 4.69) is 36.1 Å². The maximum absolute atomic E-state index is 14.1. The fraction of sp³-hybridized carbons (Fsp3) is 0.469. The van der Waals surface area contributed by atoms with Crippen LogP contribution in [0.25, 0.3) is 0 Å². The largest absolute Gasteiger partial charge is 0.444 e. The summed E-state index contributed by atoms with van der Waals surface area (Å²) in [6, 6.07) is 10.2. The van der Waals surface area contributed by atoms with Crippen LogP contribution in [0.2, 0.25) is 5.02 Å². The highest BCUT2D eigenvalue weighted by atomic mass is 35.5. The van der Waals surface area contributed by atoms with E-state index < -0.39 is 35.6 Å². The number of rotatable bonds is 13. The second kappa shape index (κ2) is 16.3. The molecule has 2 atom stereocenters. The van der Waals surface area contributed by atoms with Crippen molar-refractivity contribution in [3.63, 3.8) is 0 Å². The monoisotopic (exact) mass is 599 g/mol. The lowest BCUT2D eigenvalue weighted by atomic mass is 9.97. The summed E-state index contributed by atoms with van der Waals surface area (Å²) in [5.74, 6) is 1.71. The van der Waals surface area contributed by atoms with E-state index in [9.17, 15) is 14.4 Å². The van der Waals surface area contributed by atoms with Gasteiger partial charge in [-0.1, -0.05) is 80.5 Å². The van der Waals surface area contributed by atoms with Gasteiger partial charge in [0.05, 0.1) is 10.7 Å². The van der Waals surface area contributed by atoms with Gasteiger partial charge < -0.3 is 20.3 Å². The number of aryl methyl sites for hydroxylation is 1. The standard InChI is InChI=1S/C32H42ClN3O4S/c1-7-9-10-11-14-20-36(30(38)26(21-41)34-31(39)40-32(4,5)6)28(24-18-13-12-17-23(24)8-2)29(37)35-27-22(3)16-15-19-25(27)33/h2,12-13,15-19,26,28,41H,7,9-11,14,20-21H2,1,3-6H3,(H,34,39)(H,35,37). The molecule has 41 heavy (non-hydrogen) atoms. The molecular formula is C32H42ClN3O4S. The molecule has 0 fully saturated rings. The second-order valence-corrected chi connectivity index (χ2v) is 11.7. The zero-order valence-electron chi connectivity index (χ0n) is 24.6. The van der Waals surface area contributed by atoms with Crippen molar-refractivity contribution >= 4 is 47.8 Å². The third-order valence-corrected chi connectivity index (χ3v) is 7.08. The molecular weight excluding hydrogens is 558 g/mol. The number of ether oxygens (including phenoxy) is 1. The van der Waals surface area contributed by atoms with Gasteiger partial charge in [0.1, 0.15) is 17.7 Å². The van der Waals surface area contributed by atoms with Crippen molar-refractivity contribution in [1.29, 1.82) is 0 Å². The Hall–Kier alpha value is -3.15. The number of anilines is 1. The van der Waals surface area contributed by atoms with Crippen molar-refractivity contribution in [3.8, 4) is 12.3 Å². The number of hydrogen-bond donors (Lipinski definition) is 3. The topological polar surface area (TPSA) is 87.7 Å². The highest BCUT2D eigenvalue weighted by Crippen LogP contribution is 2.31. The number of unbranched alkanes of at least 4 members (excludes halogenated alkanes) is 4. The lowest BCUT2D eigenvalue weighted by Gasteiger charge is -2.35. The average Bonchev–Trinajstić information content (AvgIpc) is 2.91. The van der Waals surface area contributed by atoms with Crippen molar-refractivity contribution in [3.05, 3.63) is 64.2 Å².